The summed E-state index contributed by atoms with van der Waals surface area (Å²) in [4.78, 5) is 28.5. The van der Waals surface area contributed by atoms with Crippen LogP contribution in [0.15, 0.2) is 0 Å². The first-order chi connectivity index (χ1) is 8.18. The third-order valence-corrected chi connectivity index (χ3v) is 3.61. The minimum absolute atomic E-state index is 0.303. The summed E-state index contributed by atoms with van der Waals surface area (Å²) in [7, 11) is 0. The molecular formula is C11H18N2O4. The van der Waals surface area contributed by atoms with Gasteiger partial charge in [0.15, 0.2) is 6.61 Å². The minimum atomic E-state index is -1.09. The summed E-state index contributed by atoms with van der Waals surface area (Å²) in [5.41, 5.74) is 2.20. The fourth-order valence-corrected chi connectivity index (χ4v) is 2.92. The van der Waals surface area contributed by atoms with E-state index in [9.17, 15) is 9.59 Å². The number of carbonyl (C=O) groups is 2. The molecule has 1 aliphatic carbocycles. The molecule has 96 valence electrons. The molecule has 1 saturated heterocycles. The van der Waals surface area contributed by atoms with Gasteiger partial charge in [-0.05, 0) is 31.6 Å². The van der Waals surface area contributed by atoms with Crippen molar-refractivity contribution in [3.05, 3.63) is 0 Å². The molecule has 0 aromatic carbocycles. The molecule has 17 heavy (non-hydrogen) atoms. The summed E-state index contributed by atoms with van der Waals surface area (Å²) < 4.78 is 0. The van der Waals surface area contributed by atoms with Gasteiger partial charge in [0.05, 0.1) is 0 Å². The van der Waals surface area contributed by atoms with Crippen molar-refractivity contribution in [1.82, 2.24) is 10.4 Å². The SMILES string of the molecule is O=C(O)CONC(=O)N1CCCC2CCCC21. The number of nitrogens with zero attached hydrogens (tertiary/aromatic N) is 1. The van der Waals surface area contributed by atoms with Crippen LogP contribution in [0.3, 0.4) is 0 Å². The maximum atomic E-state index is 11.8. The summed E-state index contributed by atoms with van der Waals surface area (Å²) >= 11 is 0. The van der Waals surface area contributed by atoms with Crippen molar-refractivity contribution in [1.29, 1.82) is 0 Å². The van der Waals surface area contributed by atoms with Gasteiger partial charge >= 0.3 is 12.0 Å². The van der Waals surface area contributed by atoms with Crippen LogP contribution >= 0.6 is 0 Å². The van der Waals surface area contributed by atoms with Crippen molar-refractivity contribution in [2.45, 2.75) is 38.1 Å². The van der Waals surface area contributed by atoms with E-state index in [0.29, 0.717) is 12.0 Å². The number of carbonyl (C=O) groups excluding carboxylic acids is 1. The molecule has 0 spiro atoms. The van der Waals surface area contributed by atoms with Crippen LogP contribution in [0, 0.1) is 5.92 Å². The Bertz CT molecular complexity index is 308. The van der Waals surface area contributed by atoms with Crippen molar-refractivity contribution in [2.24, 2.45) is 5.92 Å². The van der Waals surface area contributed by atoms with Gasteiger partial charge in [-0.25, -0.2) is 15.1 Å². The van der Waals surface area contributed by atoms with Crippen LogP contribution in [0.1, 0.15) is 32.1 Å². The lowest BCUT2D eigenvalue weighted by Crippen LogP contribution is -2.50. The number of urea groups is 1. The highest BCUT2D eigenvalue weighted by Crippen LogP contribution is 2.36. The van der Waals surface area contributed by atoms with E-state index in [1.165, 1.54) is 19.3 Å². The number of hydrogen-bond acceptors (Lipinski definition) is 3. The van der Waals surface area contributed by atoms with E-state index in [2.05, 4.69) is 10.3 Å². The highest BCUT2D eigenvalue weighted by Gasteiger charge is 2.37. The van der Waals surface area contributed by atoms with E-state index in [0.717, 1.165) is 19.4 Å². The smallest absolute Gasteiger partial charge is 0.341 e. The molecule has 6 nitrogen and oxygen atoms in total. The predicted molar refractivity (Wildman–Crippen MR) is 59.2 cm³/mol. The van der Waals surface area contributed by atoms with Crippen LogP contribution in [0.2, 0.25) is 0 Å². The third kappa shape index (κ3) is 2.88. The Kier molecular flexibility index (Phi) is 3.83. The van der Waals surface area contributed by atoms with E-state index in [1.807, 2.05) is 0 Å². The lowest BCUT2D eigenvalue weighted by molar-refractivity contribution is -0.144. The zero-order chi connectivity index (χ0) is 12.3. The standard InChI is InChI=1S/C11H18N2O4/c14-10(15)7-17-12-11(16)13-6-2-4-8-3-1-5-9(8)13/h8-9H,1-7H2,(H,12,16)(H,14,15). The molecule has 1 aliphatic heterocycles. The Labute approximate surface area is 99.9 Å². The van der Waals surface area contributed by atoms with Gasteiger partial charge in [0.25, 0.3) is 0 Å². The summed E-state index contributed by atoms with van der Waals surface area (Å²) in [6.07, 6.45) is 5.65. The molecule has 0 bridgehead atoms. The third-order valence-electron chi connectivity index (χ3n) is 3.61. The van der Waals surface area contributed by atoms with Crippen LogP contribution < -0.4 is 5.48 Å². The van der Waals surface area contributed by atoms with Gasteiger partial charge in [0.1, 0.15) is 0 Å². The van der Waals surface area contributed by atoms with Gasteiger partial charge in [-0.1, -0.05) is 6.42 Å². The Hall–Kier alpha value is -1.30. The Morgan fingerprint density at radius 2 is 2.06 bits per heavy atom. The molecule has 2 N–H and O–H groups in total. The zero-order valence-electron chi connectivity index (χ0n) is 9.72. The minimum Gasteiger partial charge on any atom is -0.479 e. The molecule has 0 radical (unpaired) electrons. The van der Waals surface area contributed by atoms with Gasteiger partial charge in [-0.3, -0.25) is 4.84 Å². The van der Waals surface area contributed by atoms with Crippen molar-refractivity contribution in [2.75, 3.05) is 13.2 Å². The highest BCUT2D eigenvalue weighted by molar-refractivity contribution is 5.74. The van der Waals surface area contributed by atoms with Gasteiger partial charge < -0.3 is 10.0 Å². The average molecular weight is 242 g/mol. The number of aliphatic carboxylic acids is 1. The largest absolute Gasteiger partial charge is 0.479 e. The summed E-state index contributed by atoms with van der Waals surface area (Å²) in [6.45, 7) is 0.233. The first-order valence-corrected chi connectivity index (χ1v) is 6.08. The number of rotatable bonds is 3. The molecule has 2 rings (SSSR count). The van der Waals surface area contributed by atoms with Crippen molar-refractivity contribution < 1.29 is 19.5 Å². The lowest BCUT2D eigenvalue weighted by Gasteiger charge is -2.37. The number of nitrogens with one attached hydrogen (secondary N) is 1. The summed E-state index contributed by atoms with van der Waals surface area (Å²) in [6, 6.07) is 0.0139. The second kappa shape index (κ2) is 5.35. The lowest BCUT2D eigenvalue weighted by atomic mass is 9.92. The maximum Gasteiger partial charge on any atom is 0.341 e. The van der Waals surface area contributed by atoms with Crippen molar-refractivity contribution in [3.63, 3.8) is 0 Å². The molecule has 2 atom stereocenters. The molecule has 0 aromatic rings. The molecule has 2 unspecified atom stereocenters. The summed E-state index contributed by atoms with van der Waals surface area (Å²) in [5.74, 6) is -0.475. The van der Waals surface area contributed by atoms with Crippen LogP contribution in [-0.4, -0.2) is 41.2 Å². The van der Waals surface area contributed by atoms with Crippen LogP contribution in [-0.2, 0) is 9.63 Å². The molecule has 1 heterocycles. The fourth-order valence-electron chi connectivity index (χ4n) is 2.92. The molecule has 1 saturated carbocycles. The number of likely N-dealkylation sites (tertiary alicyclic amines) is 1. The molecule has 2 fully saturated rings. The number of piperidine rings is 1. The first kappa shape index (κ1) is 12.2. The van der Waals surface area contributed by atoms with Crippen LogP contribution in [0.4, 0.5) is 4.79 Å². The Morgan fingerprint density at radius 1 is 1.29 bits per heavy atom. The van der Waals surface area contributed by atoms with Gasteiger partial charge in [0.2, 0.25) is 0 Å². The quantitative estimate of drug-likeness (QED) is 0.723. The zero-order valence-corrected chi connectivity index (χ0v) is 9.72. The van der Waals surface area contributed by atoms with Crippen molar-refractivity contribution in [3.8, 4) is 0 Å². The second-order valence-electron chi connectivity index (χ2n) is 4.68. The van der Waals surface area contributed by atoms with E-state index >= 15 is 0 Å². The number of carboxylic acids is 1. The van der Waals surface area contributed by atoms with E-state index in [-0.39, 0.29) is 6.03 Å². The normalized spacial score (nSPS) is 27.6. The number of amides is 2. The Balaban J connectivity index is 1.83. The van der Waals surface area contributed by atoms with Crippen LogP contribution in [0.25, 0.3) is 0 Å². The molecule has 0 aromatic heterocycles. The predicted octanol–water partition coefficient (Wildman–Crippen LogP) is 0.977. The van der Waals surface area contributed by atoms with Gasteiger partial charge in [-0.15, -0.1) is 0 Å². The van der Waals surface area contributed by atoms with Gasteiger partial charge in [-0.2, -0.15) is 0 Å². The summed E-state index contributed by atoms with van der Waals surface area (Å²) in [5, 5.41) is 8.40. The molecule has 2 aliphatic rings. The molecule has 6 heteroatoms. The topological polar surface area (TPSA) is 78.9 Å². The van der Waals surface area contributed by atoms with E-state index in [1.54, 1.807) is 4.90 Å². The number of hydrogen-bond donors (Lipinski definition) is 2. The second-order valence-corrected chi connectivity index (χ2v) is 4.68. The molecule has 2 amide bonds. The van der Waals surface area contributed by atoms with E-state index < -0.39 is 12.6 Å². The number of carboxylic acid groups (broad SMARTS) is 1. The maximum absolute atomic E-state index is 11.8. The Morgan fingerprint density at radius 3 is 2.82 bits per heavy atom. The molecular weight excluding hydrogens is 224 g/mol. The van der Waals surface area contributed by atoms with Crippen molar-refractivity contribution >= 4 is 12.0 Å². The first-order valence-electron chi connectivity index (χ1n) is 6.08. The number of fused-ring (bicyclic) bond motifs is 1. The highest BCUT2D eigenvalue weighted by atomic mass is 16.7. The van der Waals surface area contributed by atoms with Crippen LogP contribution in [0.5, 0.6) is 0 Å². The van der Waals surface area contributed by atoms with Gasteiger partial charge in [0, 0.05) is 12.6 Å². The number of hydroxylamine groups is 1. The average Bonchev–Trinajstić information content (AvgIpc) is 2.75. The fraction of sp³-hybridized carbons (Fsp3) is 0.818. The monoisotopic (exact) mass is 242 g/mol. The van der Waals surface area contributed by atoms with E-state index in [4.69, 9.17) is 5.11 Å².